The molecule has 0 aliphatic carbocycles. The molecule has 2 rings (SSSR count). The van der Waals surface area contributed by atoms with Crippen molar-refractivity contribution in [2.75, 3.05) is 15.8 Å². The minimum Gasteiger partial charge on any atom is -0.769 e. The second-order valence-corrected chi connectivity index (χ2v) is 3.71. The van der Waals surface area contributed by atoms with Crippen LogP contribution in [0.15, 0.2) is 48.5 Å². The summed E-state index contributed by atoms with van der Waals surface area (Å²) in [5.74, 6) is 0. The number of anilines is 4. The van der Waals surface area contributed by atoms with Crippen molar-refractivity contribution in [3.8, 4) is 0 Å². The van der Waals surface area contributed by atoms with Crippen LogP contribution in [-0.4, -0.2) is 10.4 Å². The first-order valence-corrected chi connectivity index (χ1v) is 5.37. The number of benzene rings is 2. The third-order valence-electron chi connectivity index (χ3n) is 2.49. The van der Waals surface area contributed by atoms with Crippen LogP contribution in [0.5, 0.6) is 0 Å². The number of rotatable bonds is 4. The lowest BCUT2D eigenvalue weighted by Gasteiger charge is -2.39. The molecule has 7 nitrogen and oxygen atoms in total. The molecule has 0 aliphatic rings. The fourth-order valence-electron chi connectivity index (χ4n) is 1.64. The summed E-state index contributed by atoms with van der Waals surface area (Å²) in [6.07, 6.45) is 0. The van der Waals surface area contributed by atoms with E-state index in [1.165, 1.54) is 18.2 Å². The van der Waals surface area contributed by atoms with Gasteiger partial charge in [0.05, 0.1) is 11.4 Å². The molecule has 0 aliphatic heterocycles. The average Bonchev–Trinajstić information content (AvgIpc) is 2.39. The van der Waals surface area contributed by atoms with Gasteiger partial charge in [0.2, 0.25) is 0 Å². The maximum absolute atomic E-state index is 10.9. The van der Waals surface area contributed by atoms with Gasteiger partial charge in [-0.05, 0) is 24.3 Å². The summed E-state index contributed by atoms with van der Waals surface area (Å²) in [6.45, 7) is 0. The van der Waals surface area contributed by atoms with E-state index < -0.39 is 5.23 Å². The van der Waals surface area contributed by atoms with Gasteiger partial charge >= 0.3 is 0 Å². The van der Waals surface area contributed by atoms with Gasteiger partial charge < -0.3 is 21.0 Å². The predicted octanol–water partition coefficient (Wildman–Crippen LogP) is 2.82. The van der Waals surface area contributed by atoms with E-state index >= 15 is 0 Å². The molecular weight excluding hydrogens is 250 g/mol. The number of nitrogens with one attached hydrogen (secondary N) is 1. The summed E-state index contributed by atoms with van der Waals surface area (Å²) in [7, 11) is 0. The lowest BCUT2D eigenvalue weighted by Crippen LogP contribution is -2.13. The van der Waals surface area contributed by atoms with E-state index in [9.17, 15) is 10.4 Å². The highest BCUT2D eigenvalue weighted by atomic mass is 16.8. The van der Waals surface area contributed by atoms with E-state index in [2.05, 4.69) is 5.32 Å². The molecular formula is C12H11N3O4-2. The van der Waals surface area contributed by atoms with Gasteiger partial charge in [0, 0.05) is 5.69 Å². The third kappa shape index (κ3) is 2.92. The van der Waals surface area contributed by atoms with Crippen LogP contribution in [-0.2, 0) is 0 Å². The van der Waals surface area contributed by atoms with Gasteiger partial charge in [0.25, 0.3) is 0 Å². The first-order valence-electron chi connectivity index (χ1n) is 5.37. The third-order valence-corrected chi connectivity index (χ3v) is 2.49. The zero-order valence-corrected chi connectivity index (χ0v) is 9.72. The van der Waals surface area contributed by atoms with Crippen molar-refractivity contribution in [2.45, 2.75) is 0 Å². The molecule has 2 aromatic rings. The van der Waals surface area contributed by atoms with Crippen molar-refractivity contribution in [1.29, 1.82) is 0 Å². The van der Waals surface area contributed by atoms with Gasteiger partial charge in [-0.25, -0.2) is 0 Å². The summed E-state index contributed by atoms with van der Waals surface area (Å²) >= 11 is 0. The summed E-state index contributed by atoms with van der Waals surface area (Å²) < 4.78 is 0. The minimum atomic E-state index is -0.513. The molecule has 0 bridgehead atoms. The highest BCUT2D eigenvalue weighted by Gasteiger charge is 2.08. The number of nitrogens with zero attached hydrogens (tertiary/aromatic N) is 2. The van der Waals surface area contributed by atoms with Gasteiger partial charge in [0.1, 0.15) is 5.69 Å². The summed E-state index contributed by atoms with van der Waals surface area (Å²) in [6, 6.07) is 12.4. The Labute approximate surface area is 109 Å². The summed E-state index contributed by atoms with van der Waals surface area (Å²) in [5, 5.41) is 42.2. The minimum absolute atomic E-state index is 0.0445. The summed E-state index contributed by atoms with van der Waals surface area (Å²) in [5.41, 5.74) is 0.587. The lowest BCUT2D eigenvalue weighted by molar-refractivity contribution is 0.0296. The van der Waals surface area contributed by atoms with Crippen molar-refractivity contribution < 1.29 is 10.4 Å². The molecule has 0 amide bonds. The first kappa shape index (κ1) is 13.1. The van der Waals surface area contributed by atoms with Crippen LogP contribution >= 0.6 is 0 Å². The molecule has 0 heterocycles. The Balaban J connectivity index is 2.37. The zero-order valence-electron chi connectivity index (χ0n) is 9.72. The second kappa shape index (κ2) is 5.55. The molecule has 0 radical (unpaired) electrons. The second-order valence-electron chi connectivity index (χ2n) is 3.71. The van der Waals surface area contributed by atoms with Gasteiger partial charge in [0.15, 0.2) is 0 Å². The van der Waals surface area contributed by atoms with Crippen molar-refractivity contribution >= 4 is 22.7 Å². The molecule has 100 valence electrons. The standard InChI is InChI=1S/C12H11N3O4/c16-14(17)11-7-3-1-5-9(11)13-10-6-2-4-8-12(10)15(18)19/h1-8,13,16-17H/q-2. The van der Waals surface area contributed by atoms with Crippen LogP contribution in [0.2, 0.25) is 0 Å². The van der Waals surface area contributed by atoms with E-state index in [0.29, 0.717) is 5.69 Å². The Morgan fingerprint density at radius 2 is 1.26 bits per heavy atom. The Kier molecular flexibility index (Phi) is 3.83. The molecule has 2 aromatic carbocycles. The molecule has 0 atom stereocenters. The Morgan fingerprint density at radius 1 is 0.789 bits per heavy atom. The molecule has 3 N–H and O–H groups in total. The van der Waals surface area contributed by atoms with Crippen molar-refractivity contribution in [3.05, 3.63) is 58.9 Å². The fourth-order valence-corrected chi connectivity index (χ4v) is 1.64. The molecule has 0 aromatic heterocycles. The van der Waals surface area contributed by atoms with Gasteiger partial charge in [-0.3, -0.25) is 10.4 Å². The van der Waals surface area contributed by atoms with Crippen LogP contribution in [0.1, 0.15) is 0 Å². The van der Waals surface area contributed by atoms with Crippen molar-refractivity contribution in [2.24, 2.45) is 0 Å². The average molecular weight is 261 g/mol. The Hall–Kier alpha value is -2.32. The molecule has 19 heavy (non-hydrogen) atoms. The van der Waals surface area contributed by atoms with Gasteiger partial charge in [-0.15, -0.1) is 5.23 Å². The molecule has 0 spiro atoms. The first-order chi connectivity index (χ1) is 9.09. The lowest BCUT2D eigenvalue weighted by atomic mass is 10.2. The highest BCUT2D eigenvalue weighted by Crippen LogP contribution is 2.31. The van der Waals surface area contributed by atoms with E-state index in [4.69, 9.17) is 10.4 Å². The molecule has 0 saturated heterocycles. The predicted molar refractivity (Wildman–Crippen MR) is 71.4 cm³/mol. The number of hydrogen-bond donors (Lipinski definition) is 3. The van der Waals surface area contributed by atoms with E-state index in [-0.39, 0.29) is 22.3 Å². The molecule has 0 unspecified atom stereocenters. The van der Waals surface area contributed by atoms with E-state index in [1.54, 1.807) is 30.3 Å². The van der Waals surface area contributed by atoms with Crippen molar-refractivity contribution in [3.63, 3.8) is 0 Å². The zero-order chi connectivity index (χ0) is 13.8. The normalized spacial score (nSPS) is 10.1. The van der Waals surface area contributed by atoms with Crippen molar-refractivity contribution in [1.82, 2.24) is 0 Å². The fraction of sp³-hybridized carbons (Fsp3) is 0. The topological polar surface area (TPSA) is 105 Å². The highest BCUT2D eigenvalue weighted by molar-refractivity contribution is 5.80. The summed E-state index contributed by atoms with van der Waals surface area (Å²) in [4.78, 5) is 0. The molecule has 7 heteroatoms. The van der Waals surface area contributed by atoms with Gasteiger partial charge in [-0.1, -0.05) is 24.3 Å². The SMILES string of the molecule is [O-]N([O-])c1ccccc1Nc1ccccc1N(O)O. The monoisotopic (exact) mass is 261 g/mol. The van der Waals surface area contributed by atoms with Crippen LogP contribution in [0.4, 0.5) is 22.7 Å². The Bertz CT molecular complexity index is 511. The molecule has 0 saturated carbocycles. The smallest absolute Gasteiger partial charge is 0.118 e. The van der Waals surface area contributed by atoms with E-state index in [1.807, 2.05) is 0 Å². The maximum atomic E-state index is 10.9. The van der Waals surface area contributed by atoms with Crippen LogP contribution in [0, 0.1) is 10.4 Å². The van der Waals surface area contributed by atoms with Crippen LogP contribution < -0.4 is 15.8 Å². The van der Waals surface area contributed by atoms with Crippen LogP contribution in [0.3, 0.4) is 0 Å². The largest absolute Gasteiger partial charge is 0.769 e. The molecule has 0 fully saturated rings. The maximum Gasteiger partial charge on any atom is 0.118 e. The number of para-hydroxylation sites is 4. The quantitative estimate of drug-likeness (QED) is 0.726. The van der Waals surface area contributed by atoms with E-state index in [0.717, 1.165) is 0 Å². The Morgan fingerprint density at radius 3 is 1.79 bits per heavy atom. The number of hydrogen-bond acceptors (Lipinski definition) is 7. The van der Waals surface area contributed by atoms with Crippen LogP contribution in [0.25, 0.3) is 0 Å². The van der Waals surface area contributed by atoms with Gasteiger partial charge in [-0.2, -0.15) is 0 Å².